The molecule has 0 saturated carbocycles. The molecule has 0 unspecified atom stereocenters. The third kappa shape index (κ3) is 4.79. The van der Waals surface area contributed by atoms with E-state index in [-0.39, 0.29) is 5.91 Å². The number of carbonyl (C=O) groups is 1. The van der Waals surface area contributed by atoms with Crippen molar-refractivity contribution in [2.45, 2.75) is 13.3 Å². The Morgan fingerprint density at radius 2 is 2.05 bits per heavy atom. The van der Waals surface area contributed by atoms with Gasteiger partial charge in [0.05, 0.1) is 19.8 Å². The van der Waals surface area contributed by atoms with Gasteiger partial charge in [-0.15, -0.1) is 0 Å². The van der Waals surface area contributed by atoms with E-state index in [1.807, 2.05) is 6.92 Å². The molecule has 0 aliphatic rings. The van der Waals surface area contributed by atoms with E-state index < -0.39 is 0 Å². The molecular formula is C14H21NO4. The van der Waals surface area contributed by atoms with Crippen molar-refractivity contribution < 1.29 is 19.0 Å². The van der Waals surface area contributed by atoms with Crippen LogP contribution in [0.25, 0.3) is 0 Å². The lowest BCUT2D eigenvalue weighted by Crippen LogP contribution is -2.25. The topological polar surface area (TPSA) is 56.8 Å². The predicted octanol–water partition coefficient (Wildman–Crippen LogP) is 1.86. The van der Waals surface area contributed by atoms with E-state index in [1.165, 1.54) is 7.11 Å². The zero-order valence-electron chi connectivity index (χ0n) is 11.7. The van der Waals surface area contributed by atoms with E-state index in [4.69, 9.17) is 14.2 Å². The van der Waals surface area contributed by atoms with Crippen LogP contribution in [0.2, 0.25) is 0 Å². The molecule has 0 heterocycles. The Bertz CT molecular complexity index is 406. The van der Waals surface area contributed by atoms with Crippen LogP contribution in [0.4, 0.5) is 0 Å². The van der Waals surface area contributed by atoms with Gasteiger partial charge in [0, 0.05) is 25.8 Å². The summed E-state index contributed by atoms with van der Waals surface area (Å²) in [4.78, 5) is 12.0. The highest BCUT2D eigenvalue weighted by molar-refractivity contribution is 5.97. The Balaban J connectivity index is 2.56. The highest BCUT2D eigenvalue weighted by Gasteiger charge is 2.12. The molecule has 1 rings (SSSR count). The summed E-state index contributed by atoms with van der Waals surface area (Å²) in [5.74, 6) is 1.00. The smallest absolute Gasteiger partial charge is 0.255 e. The average molecular weight is 267 g/mol. The molecule has 5 nitrogen and oxygen atoms in total. The van der Waals surface area contributed by atoms with Crippen molar-refractivity contribution in [1.29, 1.82) is 0 Å². The highest BCUT2D eigenvalue weighted by Crippen LogP contribution is 2.24. The Morgan fingerprint density at radius 1 is 1.26 bits per heavy atom. The van der Waals surface area contributed by atoms with Crippen LogP contribution < -0.4 is 14.8 Å². The molecule has 0 saturated heterocycles. The van der Waals surface area contributed by atoms with Gasteiger partial charge in [-0.1, -0.05) is 0 Å². The van der Waals surface area contributed by atoms with Crippen LogP contribution in [0, 0.1) is 0 Å². The average Bonchev–Trinajstić information content (AvgIpc) is 2.46. The molecule has 106 valence electrons. The second kappa shape index (κ2) is 8.37. The van der Waals surface area contributed by atoms with Gasteiger partial charge in [0.2, 0.25) is 0 Å². The number of carbonyl (C=O) groups excluding carboxylic acids is 1. The van der Waals surface area contributed by atoms with Crippen LogP contribution in [-0.4, -0.2) is 39.9 Å². The fourth-order valence-electron chi connectivity index (χ4n) is 1.60. The maximum Gasteiger partial charge on any atom is 0.255 e. The van der Waals surface area contributed by atoms with Gasteiger partial charge in [0.1, 0.15) is 11.5 Å². The van der Waals surface area contributed by atoms with E-state index in [0.717, 1.165) is 6.42 Å². The van der Waals surface area contributed by atoms with E-state index in [9.17, 15) is 4.79 Å². The molecule has 0 fully saturated rings. The van der Waals surface area contributed by atoms with Gasteiger partial charge in [-0.05, 0) is 25.5 Å². The predicted molar refractivity (Wildman–Crippen MR) is 73.0 cm³/mol. The second-order valence-corrected chi connectivity index (χ2v) is 3.87. The number of hydrogen-bond acceptors (Lipinski definition) is 4. The molecule has 0 spiro atoms. The van der Waals surface area contributed by atoms with Gasteiger partial charge in [-0.25, -0.2) is 0 Å². The molecule has 19 heavy (non-hydrogen) atoms. The van der Waals surface area contributed by atoms with E-state index in [2.05, 4.69) is 5.32 Å². The Labute approximate surface area is 113 Å². The molecule has 0 aliphatic heterocycles. The van der Waals surface area contributed by atoms with Crippen LogP contribution in [0.5, 0.6) is 11.5 Å². The quantitative estimate of drug-likeness (QED) is 0.730. The summed E-state index contributed by atoms with van der Waals surface area (Å²) in [5, 5.41) is 2.83. The summed E-state index contributed by atoms with van der Waals surface area (Å²) in [6.07, 6.45) is 0.790. The molecule has 0 aromatic heterocycles. The number of amides is 1. The van der Waals surface area contributed by atoms with Crippen LogP contribution in [0.15, 0.2) is 18.2 Å². The molecule has 5 heteroatoms. The summed E-state index contributed by atoms with van der Waals surface area (Å²) in [5.41, 5.74) is 0.500. The van der Waals surface area contributed by atoms with Crippen molar-refractivity contribution in [2.75, 3.05) is 34.0 Å². The summed E-state index contributed by atoms with van der Waals surface area (Å²) < 4.78 is 15.5. The van der Waals surface area contributed by atoms with E-state index in [1.54, 1.807) is 25.3 Å². The summed E-state index contributed by atoms with van der Waals surface area (Å²) in [7, 11) is 3.10. The Hall–Kier alpha value is -1.75. The molecule has 0 atom stereocenters. The number of benzene rings is 1. The van der Waals surface area contributed by atoms with Gasteiger partial charge in [-0.3, -0.25) is 4.79 Å². The molecular weight excluding hydrogens is 246 g/mol. The zero-order valence-corrected chi connectivity index (χ0v) is 11.7. The fraction of sp³-hybridized carbons (Fsp3) is 0.500. The van der Waals surface area contributed by atoms with Crippen molar-refractivity contribution >= 4 is 5.91 Å². The summed E-state index contributed by atoms with van der Waals surface area (Å²) >= 11 is 0. The van der Waals surface area contributed by atoms with Gasteiger partial charge in [-0.2, -0.15) is 0 Å². The number of methoxy groups -OCH3 is 2. The number of nitrogens with one attached hydrogen (secondary N) is 1. The minimum atomic E-state index is -0.156. The van der Waals surface area contributed by atoms with Gasteiger partial charge >= 0.3 is 0 Å². The first-order chi connectivity index (χ1) is 9.22. The normalized spacial score (nSPS) is 10.1. The van der Waals surface area contributed by atoms with Gasteiger partial charge < -0.3 is 19.5 Å². The largest absolute Gasteiger partial charge is 0.497 e. The highest BCUT2D eigenvalue weighted by atomic mass is 16.5. The molecule has 0 radical (unpaired) electrons. The van der Waals surface area contributed by atoms with Crippen molar-refractivity contribution in [3.05, 3.63) is 23.8 Å². The SMILES string of the molecule is CCOCCCNC(=O)c1ccc(OC)cc1OC. The van der Waals surface area contributed by atoms with Crippen molar-refractivity contribution in [3.8, 4) is 11.5 Å². The monoisotopic (exact) mass is 267 g/mol. The maximum absolute atomic E-state index is 12.0. The second-order valence-electron chi connectivity index (χ2n) is 3.87. The van der Waals surface area contributed by atoms with Crippen molar-refractivity contribution in [2.24, 2.45) is 0 Å². The third-order valence-electron chi connectivity index (χ3n) is 2.61. The lowest BCUT2D eigenvalue weighted by Gasteiger charge is -2.10. The zero-order chi connectivity index (χ0) is 14.1. The van der Waals surface area contributed by atoms with Crippen LogP contribution in [0.3, 0.4) is 0 Å². The van der Waals surface area contributed by atoms with E-state index >= 15 is 0 Å². The van der Waals surface area contributed by atoms with Crippen molar-refractivity contribution in [1.82, 2.24) is 5.32 Å². The first kappa shape index (κ1) is 15.3. The maximum atomic E-state index is 12.0. The summed E-state index contributed by atoms with van der Waals surface area (Å²) in [6, 6.07) is 5.11. The van der Waals surface area contributed by atoms with Crippen LogP contribution in [-0.2, 0) is 4.74 Å². The minimum Gasteiger partial charge on any atom is -0.497 e. The number of hydrogen-bond donors (Lipinski definition) is 1. The lowest BCUT2D eigenvalue weighted by molar-refractivity contribution is 0.0941. The molecule has 0 bridgehead atoms. The Kier molecular flexibility index (Phi) is 6.74. The number of rotatable bonds is 8. The van der Waals surface area contributed by atoms with Crippen LogP contribution in [0.1, 0.15) is 23.7 Å². The minimum absolute atomic E-state index is 0.156. The number of ether oxygens (including phenoxy) is 3. The van der Waals surface area contributed by atoms with Crippen molar-refractivity contribution in [3.63, 3.8) is 0 Å². The van der Waals surface area contributed by atoms with Crippen LogP contribution >= 0.6 is 0 Å². The summed E-state index contributed by atoms with van der Waals surface area (Å²) in [6.45, 7) is 3.87. The fourth-order valence-corrected chi connectivity index (χ4v) is 1.60. The third-order valence-corrected chi connectivity index (χ3v) is 2.61. The molecule has 0 aliphatic carbocycles. The molecule has 1 aromatic rings. The lowest BCUT2D eigenvalue weighted by atomic mass is 10.1. The van der Waals surface area contributed by atoms with Gasteiger partial charge in [0.25, 0.3) is 5.91 Å². The molecule has 1 amide bonds. The first-order valence-electron chi connectivity index (χ1n) is 6.30. The van der Waals surface area contributed by atoms with Gasteiger partial charge in [0.15, 0.2) is 0 Å². The first-order valence-corrected chi connectivity index (χ1v) is 6.30. The standard InChI is InChI=1S/C14H21NO4/c1-4-19-9-5-8-15-14(16)12-7-6-11(17-2)10-13(12)18-3/h6-7,10H,4-5,8-9H2,1-3H3,(H,15,16). The van der Waals surface area contributed by atoms with E-state index in [0.29, 0.717) is 36.8 Å². The molecule has 1 N–H and O–H groups in total. The Morgan fingerprint density at radius 3 is 2.68 bits per heavy atom. The molecule has 1 aromatic carbocycles.